The topological polar surface area (TPSA) is 60.7 Å². The van der Waals surface area contributed by atoms with Gasteiger partial charge in [0.1, 0.15) is 11.2 Å². The van der Waals surface area contributed by atoms with Crippen molar-refractivity contribution in [3.8, 4) is 45.5 Å². The number of benzene rings is 6. The Morgan fingerprint density at radius 2 is 1.14 bits per heavy atom. The second-order valence-corrected chi connectivity index (χ2v) is 11.4. The molecule has 194 valence electrons. The zero-order chi connectivity index (χ0) is 28.2. The summed E-state index contributed by atoms with van der Waals surface area (Å²) in [4.78, 5) is 0. The number of thiophene rings is 1. The molecule has 0 spiro atoms. The SMILES string of the molecule is N#Cc1ccc(-c2cc(-c3cccc4oc5ccccc5c34)cc(-c3cccc4sc5ccccc5c34)c2)c(C#N)c1. The van der Waals surface area contributed by atoms with Crippen LogP contribution in [-0.2, 0) is 0 Å². The number of furan rings is 1. The Morgan fingerprint density at radius 3 is 1.93 bits per heavy atom. The van der Waals surface area contributed by atoms with Crippen molar-refractivity contribution in [3.63, 3.8) is 0 Å². The predicted molar refractivity (Wildman–Crippen MR) is 172 cm³/mol. The number of fused-ring (bicyclic) bond motifs is 6. The highest BCUT2D eigenvalue weighted by molar-refractivity contribution is 7.25. The minimum absolute atomic E-state index is 0.468. The fourth-order valence-electron chi connectivity index (χ4n) is 6.08. The van der Waals surface area contributed by atoms with Gasteiger partial charge in [-0.05, 0) is 88.0 Å². The highest BCUT2D eigenvalue weighted by Crippen LogP contribution is 2.44. The Morgan fingerprint density at radius 1 is 0.500 bits per heavy atom. The van der Waals surface area contributed by atoms with Crippen LogP contribution in [0.1, 0.15) is 11.1 Å². The van der Waals surface area contributed by atoms with Crippen LogP contribution in [0.5, 0.6) is 0 Å². The van der Waals surface area contributed by atoms with E-state index < -0.39 is 0 Å². The van der Waals surface area contributed by atoms with Crippen LogP contribution in [-0.4, -0.2) is 0 Å². The quantitative estimate of drug-likeness (QED) is 0.219. The molecular weight excluding hydrogens is 532 g/mol. The van der Waals surface area contributed by atoms with Crippen LogP contribution >= 0.6 is 11.3 Å². The summed E-state index contributed by atoms with van der Waals surface area (Å²) in [6.07, 6.45) is 0. The molecule has 0 radical (unpaired) electrons. The Hall–Kier alpha value is -5.68. The zero-order valence-corrected chi connectivity index (χ0v) is 23.1. The van der Waals surface area contributed by atoms with Crippen molar-refractivity contribution in [1.82, 2.24) is 0 Å². The van der Waals surface area contributed by atoms with Crippen molar-refractivity contribution < 1.29 is 4.42 Å². The van der Waals surface area contributed by atoms with Crippen LogP contribution in [0.3, 0.4) is 0 Å². The molecule has 8 aromatic rings. The first kappa shape index (κ1) is 24.1. The molecule has 0 aliphatic rings. The minimum Gasteiger partial charge on any atom is -0.456 e. The van der Waals surface area contributed by atoms with Crippen LogP contribution in [0.4, 0.5) is 0 Å². The third kappa shape index (κ3) is 3.71. The van der Waals surface area contributed by atoms with E-state index in [1.807, 2.05) is 36.4 Å². The van der Waals surface area contributed by atoms with E-state index in [9.17, 15) is 10.5 Å². The van der Waals surface area contributed by atoms with Crippen molar-refractivity contribution in [2.45, 2.75) is 0 Å². The summed E-state index contributed by atoms with van der Waals surface area (Å²) >= 11 is 1.80. The lowest BCUT2D eigenvalue weighted by atomic mass is 9.89. The molecule has 0 amide bonds. The molecule has 0 N–H and O–H groups in total. The van der Waals surface area contributed by atoms with E-state index in [4.69, 9.17) is 4.42 Å². The van der Waals surface area contributed by atoms with Crippen molar-refractivity contribution in [1.29, 1.82) is 10.5 Å². The summed E-state index contributed by atoms with van der Waals surface area (Å²) < 4.78 is 8.72. The molecule has 0 aliphatic heterocycles. The average Bonchev–Trinajstić information content (AvgIpc) is 3.62. The summed E-state index contributed by atoms with van der Waals surface area (Å²) in [5.74, 6) is 0. The third-order valence-corrected chi connectivity index (χ3v) is 9.08. The maximum atomic E-state index is 10.1. The van der Waals surface area contributed by atoms with Gasteiger partial charge in [-0.2, -0.15) is 10.5 Å². The number of hydrogen-bond acceptors (Lipinski definition) is 4. The number of nitrogens with zero attached hydrogens (tertiary/aromatic N) is 2. The first-order valence-corrected chi connectivity index (χ1v) is 14.4. The monoisotopic (exact) mass is 552 g/mol. The molecule has 0 atom stereocenters. The second-order valence-electron chi connectivity index (χ2n) is 10.3. The van der Waals surface area contributed by atoms with E-state index >= 15 is 0 Å². The van der Waals surface area contributed by atoms with Crippen LogP contribution in [0.25, 0.3) is 75.5 Å². The molecule has 3 nitrogen and oxygen atoms in total. The average molecular weight is 553 g/mol. The molecule has 0 fully saturated rings. The molecular formula is C38H20N2OS. The Kier molecular flexibility index (Phi) is 5.44. The smallest absolute Gasteiger partial charge is 0.136 e. The molecule has 0 saturated heterocycles. The van der Waals surface area contributed by atoms with E-state index in [0.29, 0.717) is 11.1 Å². The Labute approximate surface area is 245 Å². The van der Waals surface area contributed by atoms with Crippen LogP contribution in [0, 0.1) is 22.7 Å². The van der Waals surface area contributed by atoms with E-state index in [1.165, 1.54) is 20.2 Å². The normalized spacial score (nSPS) is 11.3. The Bertz CT molecular complexity index is 2320. The summed E-state index contributed by atoms with van der Waals surface area (Å²) in [6, 6.07) is 45.7. The molecule has 0 saturated carbocycles. The molecule has 8 rings (SSSR count). The van der Waals surface area contributed by atoms with Crippen LogP contribution in [0.15, 0.2) is 126 Å². The van der Waals surface area contributed by atoms with Gasteiger partial charge in [-0.3, -0.25) is 0 Å². The van der Waals surface area contributed by atoms with Gasteiger partial charge in [0, 0.05) is 30.9 Å². The van der Waals surface area contributed by atoms with Gasteiger partial charge in [-0.15, -0.1) is 11.3 Å². The van der Waals surface area contributed by atoms with E-state index in [2.05, 4.69) is 84.9 Å². The second kappa shape index (κ2) is 9.46. The highest BCUT2D eigenvalue weighted by atomic mass is 32.1. The van der Waals surface area contributed by atoms with Gasteiger partial charge >= 0.3 is 0 Å². The first-order chi connectivity index (χ1) is 20.7. The van der Waals surface area contributed by atoms with Gasteiger partial charge in [-0.25, -0.2) is 0 Å². The standard InChI is InChI=1S/C38H20N2OS/c39-21-23-15-16-28(27(17-23)22-40)24-18-25(29-9-5-12-34-37(29)31-7-1-3-11-33(31)41-34)20-26(19-24)30-10-6-14-36-38(30)32-8-2-4-13-35(32)42-36/h1-20H. The van der Waals surface area contributed by atoms with Gasteiger partial charge in [0.15, 0.2) is 0 Å². The van der Waals surface area contributed by atoms with Crippen molar-refractivity contribution in [3.05, 3.63) is 132 Å². The summed E-state index contributed by atoms with van der Waals surface area (Å²) in [5.41, 5.74) is 8.65. The van der Waals surface area contributed by atoms with Gasteiger partial charge in [0.25, 0.3) is 0 Å². The molecule has 4 heteroatoms. The fourth-order valence-corrected chi connectivity index (χ4v) is 7.21. The number of hydrogen-bond donors (Lipinski definition) is 0. The summed E-state index contributed by atoms with van der Waals surface area (Å²) in [5, 5.41) is 24.1. The number of para-hydroxylation sites is 1. The maximum Gasteiger partial charge on any atom is 0.136 e. The summed E-state index contributed by atoms with van der Waals surface area (Å²) in [7, 11) is 0. The summed E-state index contributed by atoms with van der Waals surface area (Å²) in [6.45, 7) is 0. The lowest BCUT2D eigenvalue weighted by Crippen LogP contribution is -1.90. The third-order valence-electron chi connectivity index (χ3n) is 7.94. The molecule has 0 bridgehead atoms. The molecule has 6 aromatic carbocycles. The molecule has 0 unspecified atom stereocenters. The van der Waals surface area contributed by atoms with Gasteiger partial charge in [0.05, 0.1) is 23.3 Å². The molecule has 0 aliphatic carbocycles. The van der Waals surface area contributed by atoms with Crippen molar-refractivity contribution in [2.75, 3.05) is 0 Å². The van der Waals surface area contributed by atoms with Gasteiger partial charge < -0.3 is 4.42 Å². The largest absolute Gasteiger partial charge is 0.456 e. The van der Waals surface area contributed by atoms with Crippen LogP contribution < -0.4 is 0 Å². The minimum atomic E-state index is 0.468. The maximum absolute atomic E-state index is 10.1. The van der Waals surface area contributed by atoms with Gasteiger partial charge in [-0.1, -0.05) is 66.7 Å². The predicted octanol–water partition coefficient (Wildman–Crippen LogP) is 10.7. The van der Waals surface area contributed by atoms with E-state index in [1.54, 1.807) is 23.5 Å². The van der Waals surface area contributed by atoms with Crippen LogP contribution in [0.2, 0.25) is 0 Å². The number of nitriles is 2. The first-order valence-electron chi connectivity index (χ1n) is 13.6. The van der Waals surface area contributed by atoms with Crippen molar-refractivity contribution in [2.24, 2.45) is 0 Å². The van der Waals surface area contributed by atoms with E-state index in [0.717, 1.165) is 55.3 Å². The molecule has 2 heterocycles. The molecule has 2 aromatic heterocycles. The lowest BCUT2D eigenvalue weighted by Gasteiger charge is -2.14. The molecule has 42 heavy (non-hydrogen) atoms. The fraction of sp³-hybridized carbons (Fsp3) is 0. The zero-order valence-electron chi connectivity index (χ0n) is 22.3. The van der Waals surface area contributed by atoms with E-state index in [-0.39, 0.29) is 0 Å². The lowest BCUT2D eigenvalue weighted by molar-refractivity contribution is 0.669. The Balaban J connectivity index is 1.47. The highest BCUT2D eigenvalue weighted by Gasteiger charge is 2.17. The number of rotatable bonds is 3. The van der Waals surface area contributed by atoms with Crippen molar-refractivity contribution >= 4 is 53.4 Å². The van der Waals surface area contributed by atoms with Gasteiger partial charge in [0.2, 0.25) is 0 Å².